The largest absolute Gasteiger partial charge is 0.476 e. The normalized spacial score (nSPS) is 10.7. The molecule has 2 aromatic heterocycles. The van der Waals surface area contributed by atoms with Crippen molar-refractivity contribution < 1.29 is 14.4 Å². The van der Waals surface area contributed by atoms with Crippen LogP contribution in [-0.4, -0.2) is 26.2 Å². The number of carboxylic acids is 1. The molecule has 0 fully saturated rings. The number of carbonyl (C=O) groups is 1. The van der Waals surface area contributed by atoms with Gasteiger partial charge in [0.25, 0.3) is 0 Å². The molecule has 2 rings (SSSR count). The zero-order valence-electron chi connectivity index (χ0n) is 6.98. The number of carboxylic acid groups (broad SMARTS) is 1. The Morgan fingerprint density at radius 1 is 1.50 bits per heavy atom. The summed E-state index contributed by atoms with van der Waals surface area (Å²) < 4.78 is 5.20. The molecule has 0 aliphatic rings. The van der Waals surface area contributed by atoms with Gasteiger partial charge in [-0.15, -0.1) is 0 Å². The second-order valence-electron chi connectivity index (χ2n) is 2.58. The lowest BCUT2D eigenvalue weighted by Gasteiger charge is -1.93. The summed E-state index contributed by atoms with van der Waals surface area (Å²) in [5, 5.41) is 12.1. The number of aryl methyl sites for hydroxylation is 1. The third-order valence-electron chi connectivity index (χ3n) is 1.59. The predicted octanol–water partition coefficient (Wildman–Crippen LogP) is 1.39. The molecule has 6 nitrogen and oxygen atoms in total. The minimum Gasteiger partial charge on any atom is -0.476 e. The van der Waals surface area contributed by atoms with E-state index < -0.39 is 5.97 Å². The van der Waals surface area contributed by atoms with E-state index >= 15 is 0 Å². The highest BCUT2D eigenvalue weighted by atomic mass is 79.9. The predicted molar refractivity (Wildman–Crippen MR) is 49.0 cm³/mol. The van der Waals surface area contributed by atoms with Crippen LogP contribution in [0.1, 0.15) is 16.3 Å². The average Bonchev–Trinajstić information content (AvgIpc) is 2.47. The van der Waals surface area contributed by atoms with Crippen LogP contribution in [0.2, 0.25) is 0 Å². The van der Waals surface area contributed by atoms with Crippen LogP contribution in [0.3, 0.4) is 0 Å². The molecule has 2 heterocycles. The van der Waals surface area contributed by atoms with Crippen LogP contribution in [0.4, 0.5) is 0 Å². The quantitative estimate of drug-likeness (QED) is 0.777. The zero-order valence-corrected chi connectivity index (χ0v) is 8.57. The Labute approximate surface area is 86.1 Å². The number of aromatic carboxylic acids is 1. The van der Waals surface area contributed by atoms with Crippen LogP contribution in [0.25, 0.3) is 11.1 Å². The number of aromatic nitrogens is 3. The fraction of sp³-hybridized carbons (Fsp3) is 0.143. The van der Waals surface area contributed by atoms with Crippen LogP contribution >= 0.6 is 15.9 Å². The van der Waals surface area contributed by atoms with Gasteiger partial charge >= 0.3 is 5.97 Å². The van der Waals surface area contributed by atoms with Crippen molar-refractivity contribution in [1.82, 2.24) is 15.1 Å². The molecule has 0 amide bonds. The summed E-state index contributed by atoms with van der Waals surface area (Å²) in [5.74, 6) is -0.719. The fourth-order valence-electron chi connectivity index (χ4n) is 1.04. The van der Waals surface area contributed by atoms with Crippen LogP contribution in [0, 0.1) is 6.92 Å². The van der Waals surface area contributed by atoms with Crippen molar-refractivity contribution in [2.24, 2.45) is 0 Å². The molecule has 7 heteroatoms. The van der Waals surface area contributed by atoms with E-state index in [2.05, 4.69) is 31.1 Å². The third-order valence-corrected chi connectivity index (χ3v) is 2.13. The molecule has 0 radical (unpaired) electrons. The Morgan fingerprint density at radius 2 is 2.21 bits per heavy atom. The van der Waals surface area contributed by atoms with Crippen LogP contribution < -0.4 is 0 Å². The molecule has 0 saturated heterocycles. The smallest absolute Gasteiger partial charge is 0.360 e. The Kier molecular flexibility index (Phi) is 1.95. The Bertz CT molecular complexity index is 522. The topological polar surface area (TPSA) is 89.1 Å². The molecule has 0 aliphatic carbocycles. The van der Waals surface area contributed by atoms with Crippen molar-refractivity contribution in [1.29, 1.82) is 0 Å². The Balaban J connectivity index is 2.85. The highest BCUT2D eigenvalue weighted by molar-refractivity contribution is 9.10. The van der Waals surface area contributed by atoms with E-state index in [1.54, 1.807) is 6.92 Å². The van der Waals surface area contributed by atoms with Crippen LogP contribution in [-0.2, 0) is 0 Å². The van der Waals surface area contributed by atoms with Gasteiger partial charge in [0.1, 0.15) is 11.3 Å². The SMILES string of the molecule is Cc1nc(Br)c2onc(C(=O)O)c2n1. The summed E-state index contributed by atoms with van der Waals surface area (Å²) in [7, 11) is 0. The van der Waals surface area contributed by atoms with Gasteiger partial charge in [-0.3, -0.25) is 0 Å². The van der Waals surface area contributed by atoms with Gasteiger partial charge in [-0.2, -0.15) is 0 Å². The highest BCUT2D eigenvalue weighted by Crippen LogP contribution is 2.23. The second kappa shape index (κ2) is 3.02. The summed E-state index contributed by atoms with van der Waals surface area (Å²) in [5.41, 5.74) is 0.246. The Hall–Kier alpha value is -1.50. The first-order valence-corrected chi connectivity index (χ1v) is 4.41. The van der Waals surface area contributed by atoms with Gasteiger partial charge in [-0.25, -0.2) is 14.8 Å². The van der Waals surface area contributed by atoms with Gasteiger partial charge in [0.2, 0.25) is 11.3 Å². The van der Waals surface area contributed by atoms with E-state index in [4.69, 9.17) is 9.63 Å². The molecule has 0 saturated carbocycles. The first kappa shape index (κ1) is 9.07. The maximum Gasteiger partial charge on any atom is 0.360 e. The van der Waals surface area contributed by atoms with E-state index in [-0.39, 0.29) is 16.8 Å². The molecular formula is C7H4BrN3O3. The number of hydrogen-bond donors (Lipinski definition) is 1. The highest BCUT2D eigenvalue weighted by Gasteiger charge is 2.19. The van der Waals surface area contributed by atoms with Crippen molar-refractivity contribution in [3.05, 3.63) is 16.1 Å². The van der Waals surface area contributed by atoms with Crippen LogP contribution in [0.5, 0.6) is 0 Å². The lowest BCUT2D eigenvalue weighted by atomic mass is 10.3. The monoisotopic (exact) mass is 257 g/mol. The molecule has 0 spiro atoms. The van der Waals surface area contributed by atoms with E-state index in [0.717, 1.165) is 0 Å². The molecule has 0 bridgehead atoms. The molecule has 1 N–H and O–H groups in total. The maximum atomic E-state index is 10.7. The summed E-state index contributed by atoms with van der Waals surface area (Å²) >= 11 is 3.13. The lowest BCUT2D eigenvalue weighted by molar-refractivity contribution is 0.0687. The molecule has 0 aromatic carbocycles. The van der Waals surface area contributed by atoms with E-state index in [1.165, 1.54) is 0 Å². The summed E-state index contributed by atoms with van der Waals surface area (Å²) in [6, 6.07) is 0. The van der Waals surface area contributed by atoms with Gasteiger partial charge in [0.15, 0.2) is 4.60 Å². The molecular weight excluding hydrogens is 254 g/mol. The molecule has 0 aliphatic heterocycles. The maximum absolute atomic E-state index is 10.7. The molecule has 14 heavy (non-hydrogen) atoms. The number of hydrogen-bond acceptors (Lipinski definition) is 5. The number of halogens is 1. The Morgan fingerprint density at radius 3 is 2.86 bits per heavy atom. The summed E-state index contributed by atoms with van der Waals surface area (Å²) in [6.45, 7) is 1.66. The van der Waals surface area contributed by atoms with E-state index in [0.29, 0.717) is 10.4 Å². The average molecular weight is 258 g/mol. The number of rotatable bonds is 1. The van der Waals surface area contributed by atoms with Crippen molar-refractivity contribution in [2.45, 2.75) is 6.92 Å². The van der Waals surface area contributed by atoms with Crippen LogP contribution in [0.15, 0.2) is 9.13 Å². The summed E-state index contributed by atoms with van der Waals surface area (Å²) in [6.07, 6.45) is 0. The number of fused-ring (bicyclic) bond motifs is 1. The fourth-order valence-corrected chi connectivity index (χ4v) is 1.56. The van der Waals surface area contributed by atoms with Crippen molar-refractivity contribution in [3.8, 4) is 0 Å². The van der Waals surface area contributed by atoms with Gasteiger partial charge in [-0.1, -0.05) is 5.16 Å². The lowest BCUT2D eigenvalue weighted by Crippen LogP contribution is -1.99. The molecule has 0 atom stereocenters. The first-order chi connectivity index (χ1) is 6.59. The van der Waals surface area contributed by atoms with E-state index in [9.17, 15) is 4.79 Å². The van der Waals surface area contributed by atoms with Crippen molar-refractivity contribution >= 4 is 33.0 Å². The van der Waals surface area contributed by atoms with Crippen molar-refractivity contribution in [2.75, 3.05) is 0 Å². The standard InChI is InChI=1S/C7H4BrN3O3/c1-2-9-3-4(7(12)13)11-14-5(3)6(8)10-2/h1H3,(H,12,13). The molecule has 72 valence electrons. The molecule has 0 unspecified atom stereocenters. The van der Waals surface area contributed by atoms with E-state index in [1.807, 2.05) is 0 Å². The van der Waals surface area contributed by atoms with Gasteiger partial charge in [0.05, 0.1) is 0 Å². The van der Waals surface area contributed by atoms with Gasteiger partial charge in [-0.05, 0) is 22.9 Å². The zero-order chi connectivity index (χ0) is 10.3. The minimum absolute atomic E-state index is 0.203. The van der Waals surface area contributed by atoms with Gasteiger partial charge < -0.3 is 9.63 Å². The summed E-state index contributed by atoms with van der Waals surface area (Å²) in [4.78, 5) is 18.6. The number of nitrogens with zero attached hydrogens (tertiary/aromatic N) is 3. The first-order valence-electron chi connectivity index (χ1n) is 3.62. The molecule has 2 aromatic rings. The van der Waals surface area contributed by atoms with Gasteiger partial charge in [0, 0.05) is 0 Å². The second-order valence-corrected chi connectivity index (χ2v) is 3.33. The third kappa shape index (κ3) is 1.25. The minimum atomic E-state index is -1.17. The van der Waals surface area contributed by atoms with Crippen molar-refractivity contribution in [3.63, 3.8) is 0 Å².